The largest absolute Gasteiger partial charge is 0.497 e. The van der Waals surface area contributed by atoms with Crippen LogP contribution in [0.25, 0.3) is 0 Å². The molecule has 20 heavy (non-hydrogen) atoms. The molecule has 0 bridgehead atoms. The van der Waals surface area contributed by atoms with Gasteiger partial charge in [-0.25, -0.2) is 0 Å². The van der Waals surface area contributed by atoms with E-state index in [-0.39, 0.29) is 5.91 Å². The highest BCUT2D eigenvalue weighted by Crippen LogP contribution is 2.19. The summed E-state index contributed by atoms with van der Waals surface area (Å²) < 4.78 is 6.06. The monoisotopic (exact) mass is 388 g/mol. The molecule has 1 aromatic carbocycles. The minimum Gasteiger partial charge on any atom is -0.497 e. The van der Waals surface area contributed by atoms with E-state index in [9.17, 15) is 4.79 Å². The van der Waals surface area contributed by atoms with E-state index >= 15 is 0 Å². The van der Waals surface area contributed by atoms with Gasteiger partial charge in [-0.05, 0) is 79.1 Å². The zero-order chi connectivity index (χ0) is 14.4. The van der Waals surface area contributed by atoms with Gasteiger partial charge in [-0.15, -0.1) is 0 Å². The van der Waals surface area contributed by atoms with Crippen molar-refractivity contribution in [3.8, 4) is 5.75 Å². The molecule has 1 aromatic rings. The quantitative estimate of drug-likeness (QED) is 0.762. The zero-order valence-electron chi connectivity index (χ0n) is 11.7. The van der Waals surface area contributed by atoms with Crippen molar-refractivity contribution < 1.29 is 9.53 Å². The number of carbonyl (C=O) groups excluding carboxylic acids is 1. The fraction of sp³-hybridized carbons (Fsp3) is 0.533. The first-order valence-corrected chi connectivity index (χ1v) is 8.11. The van der Waals surface area contributed by atoms with Crippen LogP contribution in [0.5, 0.6) is 5.75 Å². The van der Waals surface area contributed by atoms with Crippen LogP contribution in [0.2, 0.25) is 0 Å². The van der Waals surface area contributed by atoms with Crippen molar-refractivity contribution in [3.05, 3.63) is 27.3 Å². The molecule has 5 heteroatoms. The molecule has 2 N–H and O–H groups in total. The van der Waals surface area contributed by atoms with Gasteiger partial charge in [-0.2, -0.15) is 0 Å². The molecule has 0 spiro atoms. The van der Waals surface area contributed by atoms with E-state index in [1.807, 2.05) is 18.2 Å². The molecule has 2 rings (SSSR count). The van der Waals surface area contributed by atoms with E-state index in [2.05, 4.69) is 33.2 Å². The molecule has 4 nitrogen and oxygen atoms in total. The number of halogens is 1. The fourth-order valence-corrected chi connectivity index (χ4v) is 3.19. The number of amides is 1. The number of hydrogen-bond acceptors (Lipinski definition) is 3. The Hall–Kier alpha value is -0.820. The second-order valence-corrected chi connectivity index (χ2v) is 6.26. The average Bonchev–Trinajstić information content (AvgIpc) is 2.48. The molecule has 1 aliphatic heterocycles. The first-order chi connectivity index (χ1) is 9.70. The standard InChI is InChI=1S/C15H21IN2O2/c1-20-12-4-5-13(14(16)9-12)15(19)18-8-6-11-3-2-7-17-10-11/h4-5,9,11,17H,2-3,6-8,10H2,1H3,(H,18,19). The van der Waals surface area contributed by atoms with Gasteiger partial charge in [0.15, 0.2) is 0 Å². The SMILES string of the molecule is COc1ccc(C(=O)NCCC2CCCNC2)c(I)c1. The van der Waals surface area contributed by atoms with Crippen LogP contribution in [0, 0.1) is 9.49 Å². The van der Waals surface area contributed by atoms with Gasteiger partial charge >= 0.3 is 0 Å². The highest BCUT2D eigenvalue weighted by Gasteiger charge is 2.14. The van der Waals surface area contributed by atoms with Crippen molar-refractivity contribution in [2.24, 2.45) is 5.92 Å². The Balaban J connectivity index is 1.82. The summed E-state index contributed by atoms with van der Waals surface area (Å²) in [6.07, 6.45) is 3.56. The lowest BCUT2D eigenvalue weighted by atomic mass is 9.96. The van der Waals surface area contributed by atoms with Gasteiger partial charge in [0, 0.05) is 10.1 Å². The van der Waals surface area contributed by atoms with Crippen molar-refractivity contribution in [1.29, 1.82) is 0 Å². The van der Waals surface area contributed by atoms with Crippen LogP contribution in [0.1, 0.15) is 29.6 Å². The molecular formula is C15H21IN2O2. The summed E-state index contributed by atoms with van der Waals surface area (Å²) in [5.41, 5.74) is 0.716. The molecule has 0 radical (unpaired) electrons. The van der Waals surface area contributed by atoms with Gasteiger partial charge in [-0.3, -0.25) is 4.79 Å². The first-order valence-electron chi connectivity index (χ1n) is 7.03. The molecule has 0 aromatic heterocycles. The Kier molecular flexibility index (Phi) is 6.09. The van der Waals surface area contributed by atoms with E-state index < -0.39 is 0 Å². The minimum absolute atomic E-state index is 0.000761. The fourth-order valence-electron chi connectivity index (χ4n) is 2.46. The molecule has 1 saturated heterocycles. The van der Waals surface area contributed by atoms with Crippen molar-refractivity contribution in [1.82, 2.24) is 10.6 Å². The van der Waals surface area contributed by atoms with Crippen molar-refractivity contribution in [2.45, 2.75) is 19.3 Å². The summed E-state index contributed by atoms with van der Waals surface area (Å²) in [7, 11) is 1.63. The number of piperidine rings is 1. The van der Waals surface area contributed by atoms with Crippen LogP contribution in [-0.4, -0.2) is 32.7 Å². The van der Waals surface area contributed by atoms with Crippen LogP contribution in [0.4, 0.5) is 0 Å². The topological polar surface area (TPSA) is 50.4 Å². The Bertz CT molecular complexity index is 459. The maximum atomic E-state index is 12.1. The highest BCUT2D eigenvalue weighted by atomic mass is 127. The third-order valence-electron chi connectivity index (χ3n) is 3.66. The van der Waals surface area contributed by atoms with Crippen LogP contribution in [-0.2, 0) is 0 Å². The van der Waals surface area contributed by atoms with Crippen LogP contribution < -0.4 is 15.4 Å². The predicted molar refractivity (Wildman–Crippen MR) is 88.3 cm³/mol. The van der Waals surface area contributed by atoms with E-state index in [4.69, 9.17) is 4.74 Å². The van der Waals surface area contributed by atoms with E-state index in [1.54, 1.807) is 7.11 Å². The molecule has 0 aliphatic carbocycles. The zero-order valence-corrected chi connectivity index (χ0v) is 13.9. The van der Waals surface area contributed by atoms with Crippen LogP contribution >= 0.6 is 22.6 Å². The molecule has 1 unspecified atom stereocenters. The van der Waals surface area contributed by atoms with Crippen LogP contribution in [0.15, 0.2) is 18.2 Å². The Labute approximate surface area is 133 Å². The maximum Gasteiger partial charge on any atom is 0.252 e. The molecule has 1 aliphatic rings. The third kappa shape index (κ3) is 4.34. The molecule has 1 fully saturated rings. The summed E-state index contributed by atoms with van der Waals surface area (Å²) in [5.74, 6) is 1.47. The minimum atomic E-state index is 0.000761. The summed E-state index contributed by atoms with van der Waals surface area (Å²) in [5, 5.41) is 6.41. The predicted octanol–water partition coefficient (Wildman–Crippen LogP) is 2.42. The lowest BCUT2D eigenvalue weighted by Crippen LogP contribution is -2.33. The van der Waals surface area contributed by atoms with Crippen molar-refractivity contribution in [3.63, 3.8) is 0 Å². The van der Waals surface area contributed by atoms with Gasteiger partial charge in [-0.1, -0.05) is 0 Å². The maximum absolute atomic E-state index is 12.1. The smallest absolute Gasteiger partial charge is 0.252 e. The van der Waals surface area contributed by atoms with E-state index in [1.165, 1.54) is 12.8 Å². The summed E-state index contributed by atoms with van der Waals surface area (Å²) in [6.45, 7) is 2.95. The van der Waals surface area contributed by atoms with Gasteiger partial charge < -0.3 is 15.4 Å². The molecular weight excluding hydrogens is 367 g/mol. The summed E-state index contributed by atoms with van der Waals surface area (Å²) in [6, 6.07) is 5.51. The molecule has 110 valence electrons. The number of benzene rings is 1. The molecule has 1 atom stereocenters. The number of nitrogens with one attached hydrogen (secondary N) is 2. The number of ether oxygens (including phenoxy) is 1. The van der Waals surface area contributed by atoms with Gasteiger partial charge in [0.2, 0.25) is 0 Å². The lowest BCUT2D eigenvalue weighted by molar-refractivity contribution is 0.0949. The summed E-state index contributed by atoms with van der Waals surface area (Å²) >= 11 is 2.17. The molecule has 0 saturated carbocycles. The Morgan fingerprint density at radius 2 is 2.40 bits per heavy atom. The number of rotatable bonds is 5. The second kappa shape index (κ2) is 7.83. The number of methoxy groups -OCH3 is 1. The van der Waals surface area contributed by atoms with Gasteiger partial charge in [0.25, 0.3) is 5.91 Å². The first kappa shape index (κ1) is 15.6. The number of carbonyl (C=O) groups is 1. The van der Waals surface area contributed by atoms with E-state index in [0.717, 1.165) is 35.4 Å². The molecule has 1 amide bonds. The van der Waals surface area contributed by atoms with Crippen LogP contribution in [0.3, 0.4) is 0 Å². The lowest BCUT2D eigenvalue weighted by Gasteiger charge is -2.22. The number of hydrogen-bond donors (Lipinski definition) is 2. The Morgan fingerprint density at radius 1 is 1.55 bits per heavy atom. The van der Waals surface area contributed by atoms with Crippen molar-refractivity contribution >= 4 is 28.5 Å². The normalized spacial score (nSPS) is 18.6. The van der Waals surface area contributed by atoms with Gasteiger partial charge in [0.1, 0.15) is 5.75 Å². The van der Waals surface area contributed by atoms with E-state index in [0.29, 0.717) is 11.5 Å². The summed E-state index contributed by atoms with van der Waals surface area (Å²) in [4.78, 5) is 12.1. The highest BCUT2D eigenvalue weighted by molar-refractivity contribution is 14.1. The average molecular weight is 388 g/mol. The van der Waals surface area contributed by atoms with Gasteiger partial charge in [0.05, 0.1) is 12.7 Å². The second-order valence-electron chi connectivity index (χ2n) is 5.10. The Morgan fingerprint density at radius 3 is 3.05 bits per heavy atom. The van der Waals surface area contributed by atoms with Crippen molar-refractivity contribution in [2.75, 3.05) is 26.7 Å². The third-order valence-corrected chi connectivity index (χ3v) is 4.55. The molecule has 1 heterocycles.